The van der Waals surface area contributed by atoms with Crippen LogP contribution in [-0.2, 0) is 0 Å². The summed E-state index contributed by atoms with van der Waals surface area (Å²) < 4.78 is 1.04. The Kier molecular flexibility index (Phi) is 4.44. The van der Waals surface area contributed by atoms with Gasteiger partial charge < -0.3 is 10.2 Å². The molecule has 1 N–H and O–H groups in total. The molecule has 2 heterocycles. The van der Waals surface area contributed by atoms with E-state index >= 15 is 0 Å². The molecule has 1 fully saturated rings. The molecule has 1 aromatic carbocycles. The summed E-state index contributed by atoms with van der Waals surface area (Å²) in [5, 5.41) is 3.35. The van der Waals surface area contributed by atoms with Crippen LogP contribution in [0.15, 0.2) is 41.0 Å². The van der Waals surface area contributed by atoms with Gasteiger partial charge in [-0.1, -0.05) is 0 Å². The number of nitrogens with zero attached hydrogens (tertiary/aromatic N) is 2. The van der Waals surface area contributed by atoms with E-state index < -0.39 is 0 Å². The number of nitrogens with one attached hydrogen (secondary N) is 1. The molecule has 0 spiro atoms. The molecule has 21 heavy (non-hydrogen) atoms. The number of hydrogen-bond acceptors (Lipinski definition) is 3. The van der Waals surface area contributed by atoms with E-state index in [9.17, 15) is 0 Å². The van der Waals surface area contributed by atoms with Crippen LogP contribution in [-0.4, -0.2) is 18.1 Å². The molecule has 110 valence electrons. The van der Waals surface area contributed by atoms with E-state index in [1.807, 2.05) is 12.3 Å². The Hall–Kier alpha value is -1.55. The molecule has 3 nitrogen and oxygen atoms in total. The third-order valence-electron chi connectivity index (χ3n) is 3.91. The minimum Gasteiger partial charge on any atom is -0.372 e. The van der Waals surface area contributed by atoms with Gasteiger partial charge in [0.2, 0.25) is 0 Å². The lowest BCUT2D eigenvalue weighted by molar-refractivity contribution is 0.578. The molecule has 0 bridgehead atoms. The normalized spacial score (nSPS) is 15.0. The van der Waals surface area contributed by atoms with E-state index in [4.69, 9.17) is 0 Å². The van der Waals surface area contributed by atoms with Gasteiger partial charge in [0.1, 0.15) is 5.82 Å². The Bertz CT molecular complexity index is 604. The van der Waals surface area contributed by atoms with Crippen molar-refractivity contribution in [2.24, 2.45) is 0 Å². The van der Waals surface area contributed by atoms with Crippen molar-refractivity contribution >= 4 is 33.1 Å². The van der Waals surface area contributed by atoms with Gasteiger partial charge in [-0.15, -0.1) is 0 Å². The van der Waals surface area contributed by atoms with E-state index in [1.54, 1.807) is 0 Å². The fourth-order valence-electron chi connectivity index (χ4n) is 2.66. The Morgan fingerprint density at radius 2 is 1.81 bits per heavy atom. The van der Waals surface area contributed by atoms with Gasteiger partial charge in [0.25, 0.3) is 0 Å². The fraction of sp³-hybridized carbons (Fsp3) is 0.353. The van der Waals surface area contributed by atoms with Crippen LogP contribution in [0.2, 0.25) is 0 Å². The summed E-state index contributed by atoms with van der Waals surface area (Å²) >= 11 is 3.47. The molecule has 0 atom stereocenters. The second-order valence-corrected chi connectivity index (χ2v) is 6.39. The van der Waals surface area contributed by atoms with Crippen molar-refractivity contribution in [3.05, 3.63) is 46.6 Å². The molecule has 0 aliphatic carbocycles. The first-order valence-electron chi connectivity index (χ1n) is 7.46. The topological polar surface area (TPSA) is 28.2 Å². The van der Waals surface area contributed by atoms with Gasteiger partial charge in [0, 0.05) is 35.1 Å². The molecule has 3 rings (SSSR count). The average molecular weight is 346 g/mol. The zero-order chi connectivity index (χ0) is 14.7. The number of anilines is 3. The highest BCUT2D eigenvalue weighted by Crippen LogP contribution is 2.24. The molecule has 2 aromatic rings. The maximum absolute atomic E-state index is 4.38. The molecule has 4 heteroatoms. The Labute approximate surface area is 134 Å². The van der Waals surface area contributed by atoms with Crippen molar-refractivity contribution < 1.29 is 0 Å². The number of aryl methyl sites for hydroxylation is 1. The number of piperidine rings is 1. The molecule has 1 aliphatic rings. The summed E-state index contributed by atoms with van der Waals surface area (Å²) in [4.78, 5) is 6.85. The van der Waals surface area contributed by atoms with E-state index in [-0.39, 0.29) is 0 Å². The number of benzene rings is 1. The number of aromatic nitrogens is 1. The molecule has 1 aromatic heterocycles. The van der Waals surface area contributed by atoms with Crippen LogP contribution in [0.4, 0.5) is 17.2 Å². The van der Waals surface area contributed by atoms with Crippen LogP contribution in [0.5, 0.6) is 0 Å². The van der Waals surface area contributed by atoms with Crippen LogP contribution in [0, 0.1) is 6.92 Å². The van der Waals surface area contributed by atoms with Crippen LogP contribution in [0.1, 0.15) is 24.8 Å². The van der Waals surface area contributed by atoms with Crippen molar-refractivity contribution in [2.75, 3.05) is 23.3 Å². The zero-order valence-electron chi connectivity index (χ0n) is 12.3. The standard InChI is InChI=1S/C17H20BrN3/c1-13-11-17(19-12-16(13)18)20-14-5-7-15(8-6-14)21-9-3-2-4-10-21/h5-8,11-12H,2-4,9-10H2,1H3,(H,19,20). The summed E-state index contributed by atoms with van der Waals surface area (Å²) in [6.07, 6.45) is 5.81. The second kappa shape index (κ2) is 6.48. The summed E-state index contributed by atoms with van der Waals surface area (Å²) in [6.45, 7) is 4.43. The Balaban J connectivity index is 1.70. The molecule has 0 radical (unpaired) electrons. The first-order valence-corrected chi connectivity index (χ1v) is 8.26. The van der Waals surface area contributed by atoms with Gasteiger partial charge >= 0.3 is 0 Å². The molecular formula is C17H20BrN3. The summed E-state index contributed by atoms with van der Waals surface area (Å²) in [5.74, 6) is 0.876. The maximum Gasteiger partial charge on any atom is 0.130 e. The van der Waals surface area contributed by atoms with Crippen molar-refractivity contribution in [1.82, 2.24) is 4.98 Å². The Morgan fingerprint density at radius 1 is 1.10 bits per heavy atom. The van der Waals surface area contributed by atoms with Crippen molar-refractivity contribution in [3.8, 4) is 0 Å². The van der Waals surface area contributed by atoms with Gasteiger partial charge in [0.05, 0.1) is 0 Å². The summed E-state index contributed by atoms with van der Waals surface area (Å²) in [6, 6.07) is 10.7. The molecular weight excluding hydrogens is 326 g/mol. The van der Waals surface area contributed by atoms with Crippen molar-refractivity contribution in [2.45, 2.75) is 26.2 Å². The predicted molar refractivity (Wildman–Crippen MR) is 92.5 cm³/mol. The van der Waals surface area contributed by atoms with E-state index in [2.05, 4.69) is 62.3 Å². The van der Waals surface area contributed by atoms with Gasteiger partial charge in [0.15, 0.2) is 0 Å². The minimum atomic E-state index is 0.876. The highest BCUT2D eigenvalue weighted by molar-refractivity contribution is 9.10. The van der Waals surface area contributed by atoms with Crippen LogP contribution in [0.3, 0.4) is 0 Å². The number of rotatable bonds is 3. The Morgan fingerprint density at radius 3 is 2.48 bits per heavy atom. The second-order valence-electron chi connectivity index (χ2n) is 5.54. The quantitative estimate of drug-likeness (QED) is 0.858. The van der Waals surface area contributed by atoms with Gasteiger partial charge in [-0.2, -0.15) is 0 Å². The van der Waals surface area contributed by atoms with E-state index in [0.29, 0.717) is 0 Å². The molecule has 1 aliphatic heterocycles. The fourth-order valence-corrected chi connectivity index (χ4v) is 2.88. The van der Waals surface area contributed by atoms with Crippen LogP contribution in [0.25, 0.3) is 0 Å². The highest BCUT2D eigenvalue weighted by Gasteiger charge is 2.10. The van der Waals surface area contributed by atoms with Crippen molar-refractivity contribution in [1.29, 1.82) is 0 Å². The van der Waals surface area contributed by atoms with Gasteiger partial charge in [-0.3, -0.25) is 0 Å². The summed E-state index contributed by atoms with van der Waals surface area (Å²) in [5.41, 5.74) is 3.57. The van der Waals surface area contributed by atoms with Crippen molar-refractivity contribution in [3.63, 3.8) is 0 Å². The molecule has 0 amide bonds. The molecule has 1 saturated heterocycles. The largest absolute Gasteiger partial charge is 0.372 e. The molecule has 0 unspecified atom stereocenters. The summed E-state index contributed by atoms with van der Waals surface area (Å²) in [7, 11) is 0. The monoisotopic (exact) mass is 345 g/mol. The van der Waals surface area contributed by atoms with Gasteiger partial charge in [-0.25, -0.2) is 4.98 Å². The van der Waals surface area contributed by atoms with Gasteiger partial charge in [-0.05, 0) is 78.0 Å². The third-order valence-corrected chi connectivity index (χ3v) is 4.74. The highest BCUT2D eigenvalue weighted by atomic mass is 79.9. The van der Waals surface area contributed by atoms with Crippen LogP contribution >= 0.6 is 15.9 Å². The number of hydrogen-bond donors (Lipinski definition) is 1. The SMILES string of the molecule is Cc1cc(Nc2ccc(N3CCCCC3)cc2)ncc1Br. The molecule has 0 saturated carbocycles. The average Bonchev–Trinajstić information content (AvgIpc) is 2.53. The zero-order valence-corrected chi connectivity index (χ0v) is 13.9. The van der Waals surface area contributed by atoms with E-state index in [0.717, 1.165) is 16.0 Å². The number of pyridine rings is 1. The van der Waals surface area contributed by atoms with Crippen LogP contribution < -0.4 is 10.2 Å². The lowest BCUT2D eigenvalue weighted by Crippen LogP contribution is -2.29. The lowest BCUT2D eigenvalue weighted by Gasteiger charge is -2.28. The van der Waals surface area contributed by atoms with E-state index in [1.165, 1.54) is 43.6 Å². The first-order chi connectivity index (χ1) is 10.2. The minimum absolute atomic E-state index is 0.876. The smallest absolute Gasteiger partial charge is 0.130 e. The number of halogens is 1. The maximum atomic E-state index is 4.38. The first kappa shape index (κ1) is 14.4. The predicted octanol–water partition coefficient (Wildman–Crippen LogP) is 4.89. The third kappa shape index (κ3) is 3.56. The lowest BCUT2D eigenvalue weighted by atomic mass is 10.1.